The van der Waals surface area contributed by atoms with Crippen LogP contribution in [-0.2, 0) is 25.1 Å². The van der Waals surface area contributed by atoms with Crippen molar-refractivity contribution < 1.29 is 14.2 Å². The van der Waals surface area contributed by atoms with E-state index in [2.05, 4.69) is 32.7 Å². The zero-order valence-corrected chi connectivity index (χ0v) is 15.4. The van der Waals surface area contributed by atoms with Gasteiger partial charge in [-0.05, 0) is 26.2 Å². The van der Waals surface area contributed by atoms with E-state index in [1.54, 1.807) is 6.07 Å². The highest BCUT2D eigenvalue weighted by Gasteiger charge is 2.54. The fraction of sp³-hybridized carbons (Fsp3) is 0.571. The Bertz CT molecular complexity index is 612. The zero-order chi connectivity index (χ0) is 16.0. The van der Waals surface area contributed by atoms with Gasteiger partial charge >= 0.3 is 4.77 Å². The van der Waals surface area contributed by atoms with Crippen molar-refractivity contribution in [3.63, 3.8) is 0 Å². The monoisotopic (exact) mass is 434 g/mol. The van der Waals surface area contributed by atoms with Gasteiger partial charge in [-0.15, -0.1) is 22.4 Å². The number of amides is 1. The maximum Gasteiger partial charge on any atom is 0.361 e. The number of carbonyl (C=O) groups excluding carboxylic acids is 1. The number of nitrogens with zero attached hydrogens (tertiary/aromatic N) is 1. The van der Waals surface area contributed by atoms with Gasteiger partial charge in [0, 0.05) is 12.2 Å². The molecule has 2 aliphatic rings. The summed E-state index contributed by atoms with van der Waals surface area (Å²) in [6, 6.07) is 3.72. The lowest BCUT2D eigenvalue weighted by Gasteiger charge is -2.50. The van der Waals surface area contributed by atoms with E-state index in [0.717, 1.165) is 11.3 Å². The van der Waals surface area contributed by atoms with Crippen molar-refractivity contribution in [3.05, 3.63) is 28.5 Å². The Morgan fingerprint density at radius 2 is 2.27 bits per heavy atom. The van der Waals surface area contributed by atoms with Crippen LogP contribution in [0.15, 0.2) is 12.1 Å². The summed E-state index contributed by atoms with van der Waals surface area (Å²) in [7, 11) is 0. The molecule has 8 heteroatoms. The van der Waals surface area contributed by atoms with Crippen LogP contribution in [0.4, 0.5) is 0 Å². The molecule has 118 valence electrons. The number of aromatic nitrogens is 1. The Morgan fingerprint density at radius 3 is 2.86 bits per heavy atom. The quantitative estimate of drug-likeness (QED) is 0.449. The van der Waals surface area contributed by atoms with E-state index >= 15 is 0 Å². The number of hydrogen-bond acceptors (Lipinski definition) is 4. The van der Waals surface area contributed by atoms with Crippen molar-refractivity contribution in [2.75, 3.05) is 19.8 Å². The highest BCUT2D eigenvalue weighted by molar-refractivity contribution is 14.1. The second kappa shape index (κ2) is 5.92. The average Bonchev–Trinajstić information content (AvgIpc) is 2.41. The maximum absolute atomic E-state index is 12.8. The first-order valence-corrected chi connectivity index (χ1v) is 8.83. The number of hydrogen-bond donors (Lipinski definition) is 1. The molecule has 1 atom stereocenters. The molecule has 0 bridgehead atoms. The predicted octanol–water partition coefficient (Wildman–Crippen LogP) is 2.31. The van der Waals surface area contributed by atoms with Gasteiger partial charge in [0.05, 0.1) is 24.3 Å². The summed E-state index contributed by atoms with van der Waals surface area (Å²) in [5.74, 6) is -0.0391. The standard InChI is InChI=1S/C14H17BClIN2O3/c1-13(5-6-22-15(2)17)11-9(3-4-10(16)18-11)14(7-21-8-14)19-12(13)20/h3-4H,5-8H2,1-2H3,(H,19,20). The van der Waals surface area contributed by atoms with Gasteiger partial charge in [-0.25, -0.2) is 4.98 Å². The minimum absolute atomic E-state index is 0.0391. The topological polar surface area (TPSA) is 60.5 Å². The molecule has 0 radical (unpaired) electrons. The molecule has 0 aromatic carbocycles. The maximum atomic E-state index is 12.8. The molecule has 3 heterocycles. The van der Waals surface area contributed by atoms with Gasteiger partial charge in [0.2, 0.25) is 5.91 Å². The Morgan fingerprint density at radius 1 is 1.55 bits per heavy atom. The average molecular weight is 434 g/mol. The van der Waals surface area contributed by atoms with Gasteiger partial charge in [0.15, 0.2) is 0 Å². The Labute approximate surface area is 148 Å². The van der Waals surface area contributed by atoms with Crippen LogP contribution in [0.5, 0.6) is 0 Å². The number of rotatable bonds is 4. The van der Waals surface area contributed by atoms with E-state index in [-0.39, 0.29) is 10.7 Å². The molecule has 1 spiro atoms. The van der Waals surface area contributed by atoms with E-state index in [1.807, 2.05) is 19.8 Å². The molecule has 1 unspecified atom stereocenters. The third-order valence-electron chi connectivity index (χ3n) is 4.40. The van der Waals surface area contributed by atoms with Gasteiger partial charge in [0.1, 0.15) is 10.7 Å². The first-order valence-electron chi connectivity index (χ1n) is 7.21. The van der Waals surface area contributed by atoms with Crippen LogP contribution in [0.3, 0.4) is 0 Å². The van der Waals surface area contributed by atoms with Crippen LogP contribution in [-0.4, -0.2) is 35.5 Å². The molecule has 1 amide bonds. The fourth-order valence-corrected chi connectivity index (χ4v) is 3.37. The highest BCUT2D eigenvalue weighted by atomic mass is 127. The normalized spacial score (nSPS) is 25.4. The lowest BCUT2D eigenvalue weighted by molar-refractivity contribution is -0.143. The number of pyridine rings is 1. The second-order valence-corrected chi connectivity index (χ2v) is 8.20. The number of nitrogens with one attached hydrogen (secondary N) is 1. The van der Waals surface area contributed by atoms with Crippen LogP contribution in [0.25, 0.3) is 0 Å². The van der Waals surface area contributed by atoms with Crippen LogP contribution < -0.4 is 5.32 Å². The minimum Gasteiger partial charge on any atom is -0.426 e. The Kier molecular flexibility index (Phi) is 4.44. The van der Waals surface area contributed by atoms with Gasteiger partial charge in [0.25, 0.3) is 0 Å². The van der Waals surface area contributed by atoms with E-state index < -0.39 is 11.0 Å². The third-order valence-corrected chi connectivity index (χ3v) is 4.97. The molecule has 0 aliphatic carbocycles. The first-order chi connectivity index (χ1) is 10.4. The molecule has 22 heavy (non-hydrogen) atoms. The Balaban J connectivity index is 1.98. The Hall–Kier alpha value is -0.375. The van der Waals surface area contributed by atoms with Crippen LogP contribution in [0.1, 0.15) is 24.6 Å². The van der Waals surface area contributed by atoms with E-state index in [0.29, 0.717) is 31.4 Å². The van der Waals surface area contributed by atoms with Gasteiger partial charge < -0.3 is 14.7 Å². The molecule has 0 saturated carbocycles. The van der Waals surface area contributed by atoms with Gasteiger partial charge in [-0.1, -0.05) is 17.7 Å². The number of ether oxygens (including phenoxy) is 1. The summed E-state index contributed by atoms with van der Waals surface area (Å²) in [6.45, 7) is 5.32. The molecule has 5 nitrogen and oxygen atoms in total. The van der Waals surface area contributed by atoms with Crippen molar-refractivity contribution >= 4 is 44.7 Å². The number of halogens is 2. The molecule has 3 rings (SSSR count). The summed E-state index contributed by atoms with van der Waals surface area (Å²) >= 11 is 8.28. The zero-order valence-electron chi connectivity index (χ0n) is 12.5. The van der Waals surface area contributed by atoms with Crippen molar-refractivity contribution in [1.82, 2.24) is 10.3 Å². The van der Waals surface area contributed by atoms with E-state index in [1.165, 1.54) is 0 Å². The summed E-state index contributed by atoms with van der Waals surface area (Å²) < 4.78 is 11.1. The van der Waals surface area contributed by atoms with Crippen molar-refractivity contribution in [1.29, 1.82) is 0 Å². The van der Waals surface area contributed by atoms with Crippen molar-refractivity contribution in [3.8, 4) is 0 Å². The fourth-order valence-electron chi connectivity index (χ4n) is 2.96. The molecule has 1 fully saturated rings. The molecule has 2 aliphatic heterocycles. The smallest absolute Gasteiger partial charge is 0.361 e. The summed E-state index contributed by atoms with van der Waals surface area (Å²) in [5, 5.41) is 3.53. The van der Waals surface area contributed by atoms with Crippen LogP contribution >= 0.6 is 34.0 Å². The van der Waals surface area contributed by atoms with Crippen LogP contribution in [0, 0.1) is 0 Å². The van der Waals surface area contributed by atoms with Crippen molar-refractivity contribution in [2.45, 2.75) is 31.1 Å². The molecular weight excluding hydrogens is 417 g/mol. The third kappa shape index (κ3) is 2.66. The molecule has 1 aromatic rings. The number of carbonyl (C=O) groups is 1. The molecule has 1 aromatic heterocycles. The van der Waals surface area contributed by atoms with Crippen LogP contribution in [0.2, 0.25) is 12.0 Å². The SMILES string of the molecule is CB(I)OCCC1(C)C(=O)NC2(COC2)c2ccc(Cl)nc21. The van der Waals surface area contributed by atoms with Gasteiger partial charge in [-0.2, -0.15) is 0 Å². The molecule has 1 N–H and O–H groups in total. The lowest BCUT2D eigenvalue weighted by Crippen LogP contribution is -2.66. The highest BCUT2D eigenvalue weighted by Crippen LogP contribution is 2.43. The predicted molar refractivity (Wildman–Crippen MR) is 93.4 cm³/mol. The largest absolute Gasteiger partial charge is 0.426 e. The summed E-state index contributed by atoms with van der Waals surface area (Å²) in [4.78, 5) is 17.3. The van der Waals surface area contributed by atoms with Crippen molar-refractivity contribution in [2.24, 2.45) is 0 Å². The number of fused-ring (bicyclic) bond motifs is 2. The van der Waals surface area contributed by atoms with Gasteiger partial charge in [-0.3, -0.25) is 4.79 Å². The summed E-state index contributed by atoms with van der Waals surface area (Å²) in [6.07, 6.45) is 0.559. The molecular formula is C14H17BClIN2O3. The summed E-state index contributed by atoms with van der Waals surface area (Å²) in [5.41, 5.74) is 0.567. The second-order valence-electron chi connectivity index (χ2n) is 6.06. The lowest BCUT2D eigenvalue weighted by atomic mass is 9.70. The van der Waals surface area contributed by atoms with E-state index in [4.69, 9.17) is 21.0 Å². The first kappa shape index (κ1) is 16.5. The molecule has 1 saturated heterocycles. The van der Waals surface area contributed by atoms with E-state index in [9.17, 15) is 4.79 Å². The minimum atomic E-state index is -0.743.